The zero-order chi connectivity index (χ0) is 13.4. The van der Waals surface area contributed by atoms with Crippen LogP contribution in [-0.4, -0.2) is 24.5 Å². The van der Waals surface area contributed by atoms with Gasteiger partial charge in [0.1, 0.15) is 5.76 Å². The molecule has 0 spiro atoms. The Morgan fingerprint density at radius 2 is 2.17 bits per heavy atom. The Bertz CT molecular complexity index is 322. The number of nitrogens with one attached hydrogen (secondary N) is 1. The molecule has 0 bridgehead atoms. The van der Waals surface area contributed by atoms with Crippen LogP contribution in [0.3, 0.4) is 0 Å². The van der Waals surface area contributed by atoms with Crippen molar-refractivity contribution < 1.29 is 4.42 Å². The van der Waals surface area contributed by atoms with Crippen LogP contribution in [0.1, 0.15) is 51.4 Å². The summed E-state index contributed by atoms with van der Waals surface area (Å²) >= 11 is 0. The maximum absolute atomic E-state index is 5.64. The molecule has 1 unspecified atom stereocenters. The number of nitrogens with zero attached hydrogens (tertiary/aromatic N) is 1. The van der Waals surface area contributed by atoms with Gasteiger partial charge in [0.15, 0.2) is 0 Å². The van der Waals surface area contributed by atoms with Crippen LogP contribution in [0.4, 0.5) is 0 Å². The van der Waals surface area contributed by atoms with Crippen LogP contribution in [0.25, 0.3) is 0 Å². The zero-order valence-corrected chi connectivity index (χ0v) is 12.3. The number of rotatable bonds is 9. The van der Waals surface area contributed by atoms with Gasteiger partial charge in [0, 0.05) is 18.2 Å². The lowest BCUT2D eigenvalue weighted by Gasteiger charge is -2.27. The van der Waals surface area contributed by atoms with Gasteiger partial charge in [-0.25, -0.2) is 0 Å². The minimum absolute atomic E-state index is 0.615. The Labute approximate surface area is 112 Å². The smallest absolute Gasteiger partial charge is 0.122 e. The Kier molecular flexibility index (Phi) is 7.06. The normalized spacial score (nSPS) is 13.2. The monoisotopic (exact) mass is 252 g/mol. The van der Waals surface area contributed by atoms with Gasteiger partial charge in [0.25, 0.3) is 0 Å². The van der Waals surface area contributed by atoms with Crippen molar-refractivity contribution in [1.29, 1.82) is 0 Å². The highest BCUT2D eigenvalue weighted by Crippen LogP contribution is 2.16. The molecule has 1 N–H and O–H groups in total. The first-order valence-corrected chi connectivity index (χ1v) is 7.16. The van der Waals surface area contributed by atoms with Crippen LogP contribution in [0.2, 0.25) is 0 Å². The van der Waals surface area contributed by atoms with E-state index < -0.39 is 0 Å². The number of hydrogen-bond acceptors (Lipinski definition) is 3. The molecule has 0 saturated heterocycles. The third-order valence-corrected chi connectivity index (χ3v) is 3.56. The Hall–Kier alpha value is -0.800. The van der Waals surface area contributed by atoms with Gasteiger partial charge in [0.2, 0.25) is 0 Å². The third-order valence-electron chi connectivity index (χ3n) is 3.56. The molecule has 104 valence electrons. The Morgan fingerprint density at radius 1 is 1.39 bits per heavy atom. The molecule has 0 radical (unpaired) electrons. The molecule has 1 aromatic heterocycles. The average molecular weight is 252 g/mol. The van der Waals surface area contributed by atoms with Crippen molar-refractivity contribution in [2.45, 2.75) is 59.2 Å². The zero-order valence-electron chi connectivity index (χ0n) is 12.3. The van der Waals surface area contributed by atoms with Crippen LogP contribution < -0.4 is 5.32 Å². The fourth-order valence-electron chi connectivity index (χ4n) is 2.11. The highest BCUT2D eigenvalue weighted by Gasteiger charge is 2.15. The number of furan rings is 1. The topological polar surface area (TPSA) is 28.4 Å². The lowest BCUT2D eigenvalue weighted by atomic mass is 10.1. The van der Waals surface area contributed by atoms with E-state index in [9.17, 15) is 0 Å². The molecule has 1 rings (SSSR count). The Balaban J connectivity index is 2.65. The van der Waals surface area contributed by atoms with E-state index in [1.54, 1.807) is 6.26 Å². The molecule has 0 fully saturated rings. The van der Waals surface area contributed by atoms with Crippen molar-refractivity contribution in [3.05, 3.63) is 23.7 Å². The van der Waals surface area contributed by atoms with Gasteiger partial charge >= 0.3 is 0 Å². The molecular formula is C15H28N2O. The van der Waals surface area contributed by atoms with E-state index in [-0.39, 0.29) is 0 Å². The van der Waals surface area contributed by atoms with Crippen LogP contribution in [0.15, 0.2) is 16.7 Å². The van der Waals surface area contributed by atoms with Gasteiger partial charge in [-0.3, -0.25) is 4.90 Å². The van der Waals surface area contributed by atoms with Crippen LogP contribution in [0.5, 0.6) is 0 Å². The van der Waals surface area contributed by atoms with E-state index in [1.165, 1.54) is 24.8 Å². The quantitative estimate of drug-likeness (QED) is 0.730. The van der Waals surface area contributed by atoms with Gasteiger partial charge in [-0.05, 0) is 39.4 Å². The molecule has 1 heterocycles. The summed E-state index contributed by atoms with van der Waals surface area (Å²) in [6.45, 7) is 9.77. The van der Waals surface area contributed by atoms with Gasteiger partial charge < -0.3 is 9.73 Å². The summed E-state index contributed by atoms with van der Waals surface area (Å²) in [5.41, 5.74) is 1.28. The molecule has 0 aliphatic carbocycles. The predicted octanol–water partition coefficient (Wildman–Crippen LogP) is 3.40. The molecule has 1 aromatic rings. The van der Waals surface area contributed by atoms with Crippen molar-refractivity contribution in [3.63, 3.8) is 0 Å². The molecule has 0 aromatic carbocycles. The maximum atomic E-state index is 5.64. The fraction of sp³-hybridized carbons (Fsp3) is 0.733. The van der Waals surface area contributed by atoms with E-state index in [0.29, 0.717) is 6.04 Å². The summed E-state index contributed by atoms with van der Waals surface area (Å²) in [5, 5.41) is 3.19. The largest absolute Gasteiger partial charge is 0.468 e. The second-order valence-corrected chi connectivity index (χ2v) is 4.98. The van der Waals surface area contributed by atoms with Crippen molar-refractivity contribution in [2.75, 3.05) is 13.6 Å². The van der Waals surface area contributed by atoms with Gasteiger partial charge in [0.05, 0.1) is 12.8 Å². The lowest BCUT2D eigenvalue weighted by Crippen LogP contribution is -2.33. The average Bonchev–Trinajstić information content (AvgIpc) is 2.81. The van der Waals surface area contributed by atoms with Crippen molar-refractivity contribution in [3.8, 4) is 0 Å². The standard InChI is InChI=1S/C15H28N2O/c1-5-7-9-17(13(3)6-2)12-15-14(11-16-4)8-10-18-15/h8,10,13,16H,5-7,9,11-12H2,1-4H3. The molecular weight excluding hydrogens is 224 g/mol. The summed E-state index contributed by atoms with van der Waals surface area (Å²) in [6, 6.07) is 2.68. The van der Waals surface area contributed by atoms with Crippen LogP contribution in [0, 0.1) is 0 Å². The highest BCUT2D eigenvalue weighted by atomic mass is 16.3. The summed E-state index contributed by atoms with van der Waals surface area (Å²) in [6.07, 6.45) is 5.49. The highest BCUT2D eigenvalue weighted by molar-refractivity contribution is 5.16. The molecule has 0 aliphatic rings. The van der Waals surface area contributed by atoms with E-state index in [1.807, 2.05) is 7.05 Å². The van der Waals surface area contributed by atoms with E-state index in [2.05, 4.69) is 37.1 Å². The Morgan fingerprint density at radius 3 is 2.78 bits per heavy atom. The first-order chi connectivity index (χ1) is 8.72. The maximum Gasteiger partial charge on any atom is 0.122 e. The lowest BCUT2D eigenvalue weighted by molar-refractivity contribution is 0.177. The second kappa shape index (κ2) is 8.33. The first-order valence-electron chi connectivity index (χ1n) is 7.16. The molecule has 0 amide bonds. The van der Waals surface area contributed by atoms with Crippen LogP contribution >= 0.6 is 0 Å². The summed E-state index contributed by atoms with van der Waals surface area (Å²) < 4.78 is 5.64. The summed E-state index contributed by atoms with van der Waals surface area (Å²) in [5.74, 6) is 1.11. The summed E-state index contributed by atoms with van der Waals surface area (Å²) in [4.78, 5) is 2.53. The number of unbranched alkanes of at least 4 members (excludes halogenated alkanes) is 1. The van der Waals surface area contributed by atoms with E-state index in [4.69, 9.17) is 4.42 Å². The molecule has 3 nitrogen and oxygen atoms in total. The minimum Gasteiger partial charge on any atom is -0.468 e. The molecule has 3 heteroatoms. The molecule has 0 saturated carbocycles. The molecule has 1 atom stereocenters. The van der Waals surface area contributed by atoms with Gasteiger partial charge in [-0.1, -0.05) is 20.3 Å². The minimum atomic E-state index is 0.615. The van der Waals surface area contributed by atoms with E-state index in [0.717, 1.165) is 25.4 Å². The van der Waals surface area contributed by atoms with Crippen molar-refractivity contribution in [1.82, 2.24) is 10.2 Å². The molecule has 18 heavy (non-hydrogen) atoms. The third kappa shape index (κ3) is 4.46. The van der Waals surface area contributed by atoms with Gasteiger partial charge in [-0.15, -0.1) is 0 Å². The van der Waals surface area contributed by atoms with Gasteiger partial charge in [-0.2, -0.15) is 0 Å². The van der Waals surface area contributed by atoms with Crippen LogP contribution in [-0.2, 0) is 13.1 Å². The van der Waals surface area contributed by atoms with Crippen molar-refractivity contribution >= 4 is 0 Å². The first kappa shape index (κ1) is 15.3. The fourth-order valence-corrected chi connectivity index (χ4v) is 2.11. The molecule has 0 aliphatic heterocycles. The predicted molar refractivity (Wildman–Crippen MR) is 76.5 cm³/mol. The second-order valence-electron chi connectivity index (χ2n) is 4.98. The number of hydrogen-bond donors (Lipinski definition) is 1. The summed E-state index contributed by atoms with van der Waals surface area (Å²) in [7, 11) is 1.97. The van der Waals surface area contributed by atoms with Crippen molar-refractivity contribution in [2.24, 2.45) is 0 Å². The SMILES string of the molecule is CCCCN(Cc1occc1CNC)C(C)CC. The van der Waals surface area contributed by atoms with E-state index >= 15 is 0 Å².